The second-order valence-corrected chi connectivity index (χ2v) is 5.42. The highest BCUT2D eigenvalue weighted by atomic mass is 127. The van der Waals surface area contributed by atoms with Gasteiger partial charge in [-0.3, -0.25) is 4.98 Å². The number of fused-ring (bicyclic) bond motifs is 1. The maximum Gasteiger partial charge on any atom is 0.0517 e. The number of hydrogen-bond donors (Lipinski definition) is 0. The van der Waals surface area contributed by atoms with Gasteiger partial charge in [-0.05, 0) is 24.5 Å². The molecular formula is C15H23IN2. The van der Waals surface area contributed by atoms with Crippen LogP contribution in [0.1, 0.15) is 52.1 Å². The normalized spacial score (nSPS) is 12.4. The van der Waals surface area contributed by atoms with Crippen LogP contribution in [-0.2, 0) is 0 Å². The van der Waals surface area contributed by atoms with Crippen molar-refractivity contribution in [1.29, 1.82) is 0 Å². The third-order valence-corrected chi connectivity index (χ3v) is 4.26. The molecule has 0 amide bonds. The van der Waals surface area contributed by atoms with Crippen LogP contribution in [0.5, 0.6) is 0 Å². The Morgan fingerprint density at radius 3 is 2.50 bits per heavy atom. The molecule has 2 nitrogen and oxygen atoms in total. The molecule has 1 unspecified atom stereocenters. The van der Waals surface area contributed by atoms with E-state index >= 15 is 0 Å². The summed E-state index contributed by atoms with van der Waals surface area (Å²) in [5, 5.41) is 1.30. The molecule has 0 bridgehead atoms. The molecule has 0 saturated carbocycles. The maximum absolute atomic E-state index is 4.24. The van der Waals surface area contributed by atoms with Crippen LogP contribution in [-0.4, -0.2) is 14.0 Å². The number of alkyl halides is 1. The van der Waals surface area contributed by atoms with Gasteiger partial charge in [0.05, 0.1) is 5.52 Å². The molecule has 0 N–H and O–H groups in total. The molecule has 1 atom stereocenters. The molecule has 0 fully saturated rings. The summed E-state index contributed by atoms with van der Waals surface area (Å²) in [6.45, 7) is 10.7. The van der Waals surface area contributed by atoms with Gasteiger partial charge in [-0.25, -0.2) is 0 Å². The summed E-state index contributed by atoms with van der Waals surface area (Å²) in [6, 6.07) is 2.65. The van der Waals surface area contributed by atoms with Crippen LogP contribution in [0.25, 0.3) is 10.9 Å². The van der Waals surface area contributed by atoms with Crippen LogP contribution < -0.4 is 0 Å². The third-order valence-electron chi connectivity index (χ3n) is 2.99. The summed E-state index contributed by atoms with van der Waals surface area (Å²) < 4.78 is 3.50. The van der Waals surface area contributed by atoms with Crippen molar-refractivity contribution in [1.82, 2.24) is 9.55 Å². The summed E-state index contributed by atoms with van der Waals surface area (Å²) in [7, 11) is 0. The molecule has 2 aromatic heterocycles. The Labute approximate surface area is 124 Å². The minimum Gasteiger partial charge on any atom is -0.344 e. The zero-order chi connectivity index (χ0) is 13.7. The van der Waals surface area contributed by atoms with Gasteiger partial charge < -0.3 is 4.57 Å². The number of rotatable bonds is 3. The molecule has 3 heteroatoms. The van der Waals surface area contributed by atoms with Crippen LogP contribution in [0.2, 0.25) is 0 Å². The van der Waals surface area contributed by atoms with Gasteiger partial charge in [0.25, 0.3) is 0 Å². The number of pyridine rings is 1. The van der Waals surface area contributed by atoms with E-state index in [0.717, 1.165) is 4.43 Å². The van der Waals surface area contributed by atoms with Gasteiger partial charge in [0.15, 0.2) is 0 Å². The molecule has 2 aromatic rings. The zero-order valence-electron chi connectivity index (χ0n) is 11.9. The van der Waals surface area contributed by atoms with E-state index < -0.39 is 0 Å². The minimum absolute atomic E-state index is 0.540. The largest absolute Gasteiger partial charge is 0.344 e. The fraction of sp³-hybridized carbons (Fsp3) is 0.533. The van der Waals surface area contributed by atoms with Crippen molar-refractivity contribution >= 4 is 33.5 Å². The van der Waals surface area contributed by atoms with E-state index in [9.17, 15) is 0 Å². The van der Waals surface area contributed by atoms with Crippen LogP contribution in [0.3, 0.4) is 0 Å². The lowest BCUT2D eigenvalue weighted by Crippen LogP contribution is -2.04. The van der Waals surface area contributed by atoms with E-state index in [1.807, 2.05) is 26.2 Å². The van der Waals surface area contributed by atoms with Crippen molar-refractivity contribution in [3.8, 4) is 0 Å². The molecule has 0 aliphatic rings. The first kappa shape index (κ1) is 15.5. The highest BCUT2D eigenvalue weighted by Crippen LogP contribution is 2.29. The summed E-state index contributed by atoms with van der Waals surface area (Å²) >= 11 is 2.44. The lowest BCUT2D eigenvalue weighted by Gasteiger charge is -2.11. The number of hydrogen-bond acceptors (Lipinski definition) is 1. The summed E-state index contributed by atoms with van der Waals surface area (Å²) in [6.07, 6.45) is 6.16. The van der Waals surface area contributed by atoms with Gasteiger partial charge in [-0.15, -0.1) is 0 Å². The van der Waals surface area contributed by atoms with Crippen LogP contribution in [0, 0.1) is 0 Å². The SMILES string of the molecule is CC.CC(C)c1cn(C(C)CI)c2ccncc12. The standard InChI is InChI=1S/C13H17IN2.C2H6/c1-9(2)12-8-16(10(3)6-14)13-4-5-15-7-11(12)13;1-2/h4-5,7-10H,6H2,1-3H3;1-2H3. The Balaban J connectivity index is 0.000000771. The van der Waals surface area contributed by atoms with Crippen molar-refractivity contribution in [2.75, 3.05) is 4.43 Å². The topological polar surface area (TPSA) is 17.8 Å². The Bertz CT molecular complexity index is 488. The highest BCUT2D eigenvalue weighted by Gasteiger charge is 2.13. The summed E-state index contributed by atoms with van der Waals surface area (Å²) in [5.41, 5.74) is 2.71. The molecule has 0 aliphatic carbocycles. The predicted molar refractivity (Wildman–Crippen MR) is 88.8 cm³/mol. The lowest BCUT2D eigenvalue weighted by molar-refractivity contribution is 0.636. The Morgan fingerprint density at radius 2 is 1.94 bits per heavy atom. The Hall–Kier alpha value is -0.580. The fourth-order valence-corrected chi connectivity index (χ4v) is 2.45. The monoisotopic (exact) mass is 358 g/mol. The molecule has 0 spiro atoms. The van der Waals surface area contributed by atoms with Crippen molar-refractivity contribution < 1.29 is 0 Å². The Kier molecular flexibility index (Phi) is 6.12. The molecule has 0 aromatic carbocycles. The van der Waals surface area contributed by atoms with Crippen molar-refractivity contribution in [3.63, 3.8) is 0 Å². The van der Waals surface area contributed by atoms with Crippen LogP contribution in [0.15, 0.2) is 24.7 Å². The van der Waals surface area contributed by atoms with E-state index in [2.05, 4.69) is 65.2 Å². The number of aromatic nitrogens is 2. The van der Waals surface area contributed by atoms with Gasteiger partial charge in [-0.2, -0.15) is 0 Å². The number of nitrogens with zero attached hydrogens (tertiary/aromatic N) is 2. The van der Waals surface area contributed by atoms with E-state index in [-0.39, 0.29) is 0 Å². The van der Waals surface area contributed by atoms with Crippen LogP contribution in [0.4, 0.5) is 0 Å². The van der Waals surface area contributed by atoms with E-state index in [4.69, 9.17) is 0 Å². The smallest absolute Gasteiger partial charge is 0.0517 e. The van der Waals surface area contributed by atoms with E-state index in [0.29, 0.717) is 12.0 Å². The Morgan fingerprint density at radius 1 is 1.28 bits per heavy atom. The zero-order valence-corrected chi connectivity index (χ0v) is 14.1. The number of halogens is 1. The van der Waals surface area contributed by atoms with Crippen molar-refractivity contribution in [2.45, 2.75) is 46.6 Å². The second kappa shape index (κ2) is 7.12. The first-order valence-corrected chi connectivity index (χ1v) is 8.18. The first-order chi connectivity index (χ1) is 8.65. The summed E-state index contributed by atoms with van der Waals surface area (Å²) in [5.74, 6) is 0.550. The fourth-order valence-electron chi connectivity index (χ4n) is 2.02. The van der Waals surface area contributed by atoms with Gasteiger partial charge in [0.1, 0.15) is 0 Å². The van der Waals surface area contributed by atoms with Gasteiger partial charge >= 0.3 is 0 Å². The lowest BCUT2D eigenvalue weighted by atomic mass is 10.0. The van der Waals surface area contributed by atoms with E-state index in [1.165, 1.54) is 16.5 Å². The van der Waals surface area contributed by atoms with E-state index in [1.54, 1.807) is 0 Å². The molecule has 0 radical (unpaired) electrons. The highest BCUT2D eigenvalue weighted by molar-refractivity contribution is 14.1. The van der Waals surface area contributed by atoms with Gasteiger partial charge in [-0.1, -0.05) is 50.3 Å². The molecule has 2 rings (SSSR count). The average molecular weight is 358 g/mol. The molecular weight excluding hydrogens is 335 g/mol. The summed E-state index contributed by atoms with van der Waals surface area (Å²) in [4.78, 5) is 4.24. The molecule has 0 saturated heterocycles. The third kappa shape index (κ3) is 3.05. The van der Waals surface area contributed by atoms with Crippen LogP contribution >= 0.6 is 22.6 Å². The average Bonchev–Trinajstić information content (AvgIpc) is 2.80. The second-order valence-electron chi connectivity index (χ2n) is 4.54. The molecule has 18 heavy (non-hydrogen) atoms. The molecule has 2 heterocycles. The molecule has 100 valence electrons. The quantitative estimate of drug-likeness (QED) is 0.546. The van der Waals surface area contributed by atoms with Crippen molar-refractivity contribution in [2.24, 2.45) is 0 Å². The van der Waals surface area contributed by atoms with Gasteiger partial charge in [0, 0.05) is 34.4 Å². The minimum atomic E-state index is 0.540. The van der Waals surface area contributed by atoms with Gasteiger partial charge in [0.2, 0.25) is 0 Å². The van der Waals surface area contributed by atoms with Crippen molar-refractivity contribution in [3.05, 3.63) is 30.2 Å². The maximum atomic E-state index is 4.24. The predicted octanol–water partition coefficient (Wildman–Crippen LogP) is 5.18. The molecule has 0 aliphatic heterocycles. The first-order valence-electron chi connectivity index (χ1n) is 6.65.